The second-order valence-corrected chi connectivity index (χ2v) is 8.23. The molecule has 162 valence electrons. The largest absolute Gasteiger partial charge is 0.497 e. The molecule has 0 fully saturated rings. The number of nitrogens with one attached hydrogen (secondary N) is 1. The molecule has 7 heteroatoms. The van der Waals surface area contributed by atoms with Gasteiger partial charge in [0, 0.05) is 39.5 Å². The first-order valence-corrected chi connectivity index (χ1v) is 10.7. The lowest BCUT2D eigenvalue weighted by Crippen LogP contribution is -2.31. The summed E-state index contributed by atoms with van der Waals surface area (Å²) < 4.78 is 7.41. The maximum atomic E-state index is 11.7. The van der Waals surface area contributed by atoms with Crippen LogP contribution in [0.15, 0.2) is 30.3 Å². The summed E-state index contributed by atoms with van der Waals surface area (Å²) in [6.07, 6.45) is 6.06. The Balaban J connectivity index is 1.62. The molecule has 1 unspecified atom stereocenters. The van der Waals surface area contributed by atoms with Crippen molar-refractivity contribution in [1.82, 2.24) is 25.0 Å². The summed E-state index contributed by atoms with van der Waals surface area (Å²) in [7, 11) is 1.68. The Bertz CT molecular complexity index is 857. The normalized spacial score (nSPS) is 15.8. The minimum absolute atomic E-state index is 0.0306. The number of carbonyl (C=O) groups excluding carboxylic acids is 1. The number of amides is 1. The molecule has 2 heterocycles. The molecule has 1 aliphatic heterocycles. The van der Waals surface area contributed by atoms with Crippen LogP contribution in [-0.4, -0.2) is 52.3 Å². The molecule has 1 atom stereocenters. The monoisotopic (exact) mass is 411 g/mol. The van der Waals surface area contributed by atoms with Gasteiger partial charge >= 0.3 is 0 Å². The highest BCUT2D eigenvalue weighted by Crippen LogP contribution is 2.22. The van der Waals surface area contributed by atoms with Crippen LogP contribution in [-0.2, 0) is 17.8 Å². The minimum atomic E-state index is -0.0923. The molecular weight excluding hydrogens is 378 g/mol. The van der Waals surface area contributed by atoms with E-state index in [1.165, 1.54) is 0 Å². The van der Waals surface area contributed by atoms with Crippen molar-refractivity contribution >= 4 is 12.0 Å². The number of hydrogen-bond acceptors (Lipinski definition) is 5. The van der Waals surface area contributed by atoms with Crippen molar-refractivity contribution in [2.45, 2.75) is 46.2 Å². The maximum Gasteiger partial charge on any atom is 0.217 e. The van der Waals surface area contributed by atoms with Crippen molar-refractivity contribution in [2.75, 3.05) is 26.7 Å². The van der Waals surface area contributed by atoms with Gasteiger partial charge in [-0.3, -0.25) is 9.69 Å². The molecule has 2 aromatic rings. The van der Waals surface area contributed by atoms with Crippen LogP contribution in [0.3, 0.4) is 0 Å². The van der Waals surface area contributed by atoms with Gasteiger partial charge in [-0.05, 0) is 30.0 Å². The van der Waals surface area contributed by atoms with E-state index in [9.17, 15) is 4.79 Å². The Morgan fingerprint density at radius 1 is 1.20 bits per heavy atom. The van der Waals surface area contributed by atoms with Gasteiger partial charge in [-0.1, -0.05) is 38.1 Å². The van der Waals surface area contributed by atoms with Gasteiger partial charge in [0.1, 0.15) is 11.6 Å². The van der Waals surface area contributed by atoms with Gasteiger partial charge in [-0.25, -0.2) is 0 Å². The van der Waals surface area contributed by atoms with Gasteiger partial charge in [-0.15, -0.1) is 10.2 Å². The highest BCUT2D eigenvalue weighted by molar-refractivity contribution is 5.73. The number of fused-ring (bicyclic) bond motifs is 1. The quantitative estimate of drug-likeness (QED) is 0.723. The number of methoxy groups -OCH3 is 1. The summed E-state index contributed by atoms with van der Waals surface area (Å²) in [6.45, 7) is 9.48. The lowest BCUT2D eigenvalue weighted by Gasteiger charge is -2.21. The highest BCUT2D eigenvalue weighted by Gasteiger charge is 2.25. The van der Waals surface area contributed by atoms with Gasteiger partial charge in [0.15, 0.2) is 5.82 Å². The second kappa shape index (κ2) is 10.4. The fourth-order valence-corrected chi connectivity index (χ4v) is 3.83. The molecule has 3 rings (SSSR count). The maximum absolute atomic E-state index is 11.7. The number of benzene rings is 1. The van der Waals surface area contributed by atoms with Gasteiger partial charge < -0.3 is 14.6 Å². The van der Waals surface area contributed by atoms with E-state index < -0.39 is 0 Å². The van der Waals surface area contributed by atoms with E-state index >= 15 is 0 Å². The minimum Gasteiger partial charge on any atom is -0.497 e. The third kappa shape index (κ3) is 5.92. The smallest absolute Gasteiger partial charge is 0.217 e. The van der Waals surface area contributed by atoms with Crippen molar-refractivity contribution in [3.8, 4) is 5.75 Å². The third-order valence-electron chi connectivity index (χ3n) is 5.33. The Labute approximate surface area is 179 Å². The fourth-order valence-electron chi connectivity index (χ4n) is 3.83. The first kappa shape index (κ1) is 22.0. The first-order chi connectivity index (χ1) is 14.5. The molecule has 1 N–H and O–H groups in total. The van der Waals surface area contributed by atoms with Gasteiger partial charge in [0.2, 0.25) is 5.91 Å². The van der Waals surface area contributed by atoms with Crippen LogP contribution < -0.4 is 10.1 Å². The summed E-state index contributed by atoms with van der Waals surface area (Å²) in [5, 5.41) is 11.9. The van der Waals surface area contributed by atoms with E-state index in [4.69, 9.17) is 4.74 Å². The van der Waals surface area contributed by atoms with Crippen LogP contribution in [0.1, 0.15) is 50.4 Å². The van der Waals surface area contributed by atoms with Crippen LogP contribution in [0.4, 0.5) is 0 Å². The van der Waals surface area contributed by atoms with Crippen molar-refractivity contribution in [2.24, 2.45) is 5.92 Å². The Morgan fingerprint density at radius 2 is 1.97 bits per heavy atom. The average molecular weight is 412 g/mol. The van der Waals surface area contributed by atoms with E-state index in [1.807, 2.05) is 12.1 Å². The summed E-state index contributed by atoms with van der Waals surface area (Å²) in [5.74, 6) is 3.18. The van der Waals surface area contributed by atoms with Crippen molar-refractivity contribution in [3.05, 3.63) is 47.6 Å². The standard InChI is InChI=1S/C23H33N5O2/c1-17(2)16-21(24-18(3)29)23-26-25-22-11-13-27(14-15-28(22)23)12-5-6-19-7-9-20(30-4)10-8-19/h5-10,17,21H,11-16H2,1-4H3,(H,24,29)/b6-5+. The SMILES string of the molecule is COc1ccc(/C=C/CN2CCc3nnc(C(CC(C)C)NC(C)=O)n3CC2)cc1. The fraction of sp³-hybridized carbons (Fsp3) is 0.522. The van der Waals surface area contributed by atoms with Gasteiger partial charge in [0.05, 0.1) is 13.2 Å². The first-order valence-electron chi connectivity index (χ1n) is 10.7. The van der Waals surface area contributed by atoms with Crippen LogP contribution in [0.25, 0.3) is 6.08 Å². The summed E-state index contributed by atoms with van der Waals surface area (Å²) in [4.78, 5) is 14.1. The topological polar surface area (TPSA) is 72.3 Å². The second-order valence-electron chi connectivity index (χ2n) is 8.23. The van der Waals surface area contributed by atoms with Crippen LogP contribution in [0.5, 0.6) is 5.75 Å². The zero-order valence-corrected chi connectivity index (χ0v) is 18.5. The molecule has 1 amide bonds. The summed E-state index contributed by atoms with van der Waals surface area (Å²) in [5.41, 5.74) is 1.16. The molecule has 1 aromatic heterocycles. The van der Waals surface area contributed by atoms with Gasteiger partial charge in [0.25, 0.3) is 0 Å². The molecule has 0 bridgehead atoms. The lowest BCUT2D eigenvalue weighted by atomic mass is 10.0. The Morgan fingerprint density at radius 3 is 2.63 bits per heavy atom. The molecule has 0 saturated carbocycles. The van der Waals surface area contributed by atoms with Gasteiger partial charge in [-0.2, -0.15) is 0 Å². The van der Waals surface area contributed by atoms with E-state index in [-0.39, 0.29) is 11.9 Å². The number of carbonyl (C=O) groups is 1. The lowest BCUT2D eigenvalue weighted by molar-refractivity contribution is -0.119. The Kier molecular flexibility index (Phi) is 7.63. The zero-order chi connectivity index (χ0) is 21.5. The number of nitrogens with zero attached hydrogens (tertiary/aromatic N) is 4. The van der Waals surface area contributed by atoms with E-state index in [1.54, 1.807) is 14.0 Å². The van der Waals surface area contributed by atoms with E-state index in [0.717, 1.165) is 62.0 Å². The molecule has 1 aromatic carbocycles. The average Bonchev–Trinajstić information content (AvgIpc) is 3.01. The summed E-state index contributed by atoms with van der Waals surface area (Å²) in [6, 6.07) is 7.97. The molecule has 0 saturated heterocycles. The molecular formula is C23H33N5O2. The predicted molar refractivity (Wildman–Crippen MR) is 118 cm³/mol. The van der Waals surface area contributed by atoms with Crippen LogP contribution in [0.2, 0.25) is 0 Å². The molecule has 0 aliphatic carbocycles. The van der Waals surface area contributed by atoms with Crippen molar-refractivity contribution in [1.29, 1.82) is 0 Å². The van der Waals surface area contributed by atoms with Crippen molar-refractivity contribution in [3.63, 3.8) is 0 Å². The highest BCUT2D eigenvalue weighted by atomic mass is 16.5. The zero-order valence-electron chi connectivity index (χ0n) is 18.5. The third-order valence-corrected chi connectivity index (χ3v) is 5.33. The molecule has 7 nitrogen and oxygen atoms in total. The van der Waals surface area contributed by atoms with Crippen LogP contribution in [0, 0.1) is 5.92 Å². The summed E-state index contributed by atoms with van der Waals surface area (Å²) >= 11 is 0. The number of hydrogen-bond donors (Lipinski definition) is 1. The molecule has 0 spiro atoms. The van der Waals surface area contributed by atoms with Crippen LogP contribution >= 0.6 is 0 Å². The van der Waals surface area contributed by atoms with E-state index in [2.05, 4.69) is 63.1 Å². The molecule has 0 radical (unpaired) electrons. The Hall–Kier alpha value is -2.67. The van der Waals surface area contributed by atoms with Crippen molar-refractivity contribution < 1.29 is 9.53 Å². The molecule has 1 aliphatic rings. The predicted octanol–water partition coefficient (Wildman–Crippen LogP) is 3.08. The molecule has 30 heavy (non-hydrogen) atoms. The number of rotatable bonds is 8. The number of aromatic nitrogens is 3. The number of ether oxygens (including phenoxy) is 1. The van der Waals surface area contributed by atoms with E-state index in [0.29, 0.717) is 5.92 Å².